The lowest BCUT2D eigenvalue weighted by atomic mass is 10.1. The second kappa shape index (κ2) is 5.86. The summed E-state index contributed by atoms with van der Waals surface area (Å²) in [5.41, 5.74) is 9.27. The lowest BCUT2D eigenvalue weighted by Crippen LogP contribution is -2.10. The Labute approximate surface area is 143 Å². The predicted octanol–water partition coefficient (Wildman–Crippen LogP) is 1.68. The SMILES string of the molecule is CCn1c(-n2ncnc2N)nc2cncc(-c3cccnc3OC)c21. The Morgan fingerprint density at radius 1 is 1.20 bits per heavy atom. The maximum atomic E-state index is 5.90. The summed E-state index contributed by atoms with van der Waals surface area (Å²) in [6.07, 6.45) is 6.58. The third kappa shape index (κ3) is 2.28. The van der Waals surface area contributed by atoms with Gasteiger partial charge in [0.1, 0.15) is 11.8 Å². The third-order valence-corrected chi connectivity index (χ3v) is 3.96. The molecule has 0 bridgehead atoms. The van der Waals surface area contributed by atoms with Crippen LogP contribution < -0.4 is 10.5 Å². The molecule has 0 radical (unpaired) electrons. The molecule has 0 saturated carbocycles. The van der Waals surface area contributed by atoms with Gasteiger partial charge in [0.15, 0.2) is 0 Å². The van der Waals surface area contributed by atoms with Crippen molar-refractivity contribution in [3.05, 3.63) is 37.1 Å². The number of nitrogen functional groups attached to an aromatic ring is 1. The van der Waals surface area contributed by atoms with Crippen LogP contribution in [0, 0.1) is 0 Å². The molecule has 126 valence electrons. The van der Waals surface area contributed by atoms with Crippen LogP contribution in [0.2, 0.25) is 0 Å². The number of aromatic nitrogens is 7. The highest BCUT2D eigenvalue weighted by atomic mass is 16.5. The largest absolute Gasteiger partial charge is 0.481 e. The van der Waals surface area contributed by atoms with Crippen molar-refractivity contribution in [1.82, 2.24) is 34.3 Å². The first-order chi connectivity index (χ1) is 12.2. The molecule has 25 heavy (non-hydrogen) atoms. The van der Waals surface area contributed by atoms with Gasteiger partial charge in [-0.2, -0.15) is 14.8 Å². The zero-order valence-electron chi connectivity index (χ0n) is 13.8. The van der Waals surface area contributed by atoms with E-state index >= 15 is 0 Å². The molecule has 0 fully saturated rings. The van der Waals surface area contributed by atoms with E-state index in [0.717, 1.165) is 22.2 Å². The van der Waals surface area contributed by atoms with Gasteiger partial charge < -0.3 is 15.0 Å². The smallest absolute Gasteiger partial charge is 0.235 e. The average Bonchev–Trinajstić information content (AvgIpc) is 3.23. The van der Waals surface area contributed by atoms with Gasteiger partial charge in [-0.1, -0.05) is 0 Å². The summed E-state index contributed by atoms with van der Waals surface area (Å²) in [5, 5.41) is 4.17. The van der Waals surface area contributed by atoms with Crippen LogP contribution in [0.5, 0.6) is 5.88 Å². The standard InChI is InChI=1S/C16H16N8O/c1-3-23-13-11(10-5-4-6-19-14(10)25-2)7-18-8-12(13)22-16(23)24-15(17)20-9-21-24/h4-9H,3H2,1-2H3,(H2,17,20,21). The first-order valence-corrected chi connectivity index (χ1v) is 7.74. The van der Waals surface area contributed by atoms with Gasteiger partial charge in [0.2, 0.25) is 17.8 Å². The van der Waals surface area contributed by atoms with Crippen molar-refractivity contribution in [2.75, 3.05) is 12.8 Å². The van der Waals surface area contributed by atoms with Crippen molar-refractivity contribution >= 4 is 17.0 Å². The fourth-order valence-electron chi connectivity index (χ4n) is 2.90. The highest BCUT2D eigenvalue weighted by Crippen LogP contribution is 2.34. The van der Waals surface area contributed by atoms with Gasteiger partial charge in [-0.3, -0.25) is 4.98 Å². The van der Waals surface area contributed by atoms with Crippen molar-refractivity contribution in [3.8, 4) is 23.0 Å². The van der Waals surface area contributed by atoms with E-state index in [1.165, 1.54) is 11.0 Å². The van der Waals surface area contributed by atoms with Gasteiger partial charge in [0.25, 0.3) is 0 Å². The average molecular weight is 336 g/mol. The minimum absolute atomic E-state index is 0.276. The van der Waals surface area contributed by atoms with Crippen LogP contribution in [0.3, 0.4) is 0 Å². The van der Waals surface area contributed by atoms with Gasteiger partial charge in [-0.15, -0.1) is 0 Å². The highest BCUT2D eigenvalue weighted by molar-refractivity contribution is 5.93. The zero-order chi connectivity index (χ0) is 17.4. The molecular weight excluding hydrogens is 320 g/mol. The molecule has 4 aromatic heterocycles. The fourth-order valence-corrected chi connectivity index (χ4v) is 2.90. The minimum Gasteiger partial charge on any atom is -0.481 e. The molecule has 0 amide bonds. The highest BCUT2D eigenvalue weighted by Gasteiger charge is 2.19. The van der Waals surface area contributed by atoms with Gasteiger partial charge >= 0.3 is 0 Å². The Kier molecular flexibility index (Phi) is 3.53. The third-order valence-electron chi connectivity index (χ3n) is 3.96. The van der Waals surface area contributed by atoms with E-state index in [9.17, 15) is 0 Å². The second-order valence-corrected chi connectivity index (χ2v) is 5.30. The van der Waals surface area contributed by atoms with Crippen LogP contribution >= 0.6 is 0 Å². The van der Waals surface area contributed by atoms with Crippen LogP contribution in [0.4, 0.5) is 5.95 Å². The molecule has 0 atom stereocenters. The number of nitrogens with zero attached hydrogens (tertiary/aromatic N) is 7. The molecule has 4 rings (SSSR count). The summed E-state index contributed by atoms with van der Waals surface area (Å²) in [7, 11) is 1.60. The quantitative estimate of drug-likeness (QED) is 0.604. The molecule has 2 N–H and O–H groups in total. The summed E-state index contributed by atoms with van der Waals surface area (Å²) in [4.78, 5) is 17.2. The summed E-state index contributed by atoms with van der Waals surface area (Å²) < 4.78 is 8.93. The lowest BCUT2D eigenvalue weighted by molar-refractivity contribution is 0.399. The number of pyridine rings is 2. The molecule has 0 aromatic carbocycles. The maximum absolute atomic E-state index is 5.90. The van der Waals surface area contributed by atoms with Crippen LogP contribution in [0.1, 0.15) is 6.92 Å². The van der Waals surface area contributed by atoms with E-state index in [1.54, 1.807) is 25.7 Å². The minimum atomic E-state index is 0.276. The maximum Gasteiger partial charge on any atom is 0.235 e. The molecule has 0 aliphatic rings. The number of fused-ring (bicyclic) bond motifs is 1. The monoisotopic (exact) mass is 336 g/mol. The summed E-state index contributed by atoms with van der Waals surface area (Å²) in [6.45, 7) is 2.70. The van der Waals surface area contributed by atoms with Crippen molar-refractivity contribution < 1.29 is 4.74 Å². The Morgan fingerprint density at radius 3 is 2.80 bits per heavy atom. The van der Waals surface area contributed by atoms with Crippen molar-refractivity contribution in [2.45, 2.75) is 13.5 Å². The van der Waals surface area contributed by atoms with Crippen LogP contribution in [-0.2, 0) is 6.54 Å². The molecule has 0 unspecified atom stereocenters. The predicted molar refractivity (Wildman–Crippen MR) is 92.3 cm³/mol. The van der Waals surface area contributed by atoms with Gasteiger partial charge in [0.05, 0.1) is 18.8 Å². The number of aryl methyl sites for hydroxylation is 1. The molecule has 0 aliphatic heterocycles. The topological polar surface area (TPSA) is 110 Å². The number of hydrogen-bond donors (Lipinski definition) is 1. The normalized spacial score (nSPS) is 11.1. The lowest BCUT2D eigenvalue weighted by Gasteiger charge is -2.11. The molecule has 9 heteroatoms. The molecular formula is C16H16N8O. The van der Waals surface area contributed by atoms with E-state index in [4.69, 9.17) is 10.5 Å². The van der Waals surface area contributed by atoms with Gasteiger partial charge in [0, 0.05) is 30.1 Å². The number of hydrogen-bond acceptors (Lipinski definition) is 7. The summed E-state index contributed by atoms with van der Waals surface area (Å²) in [6, 6.07) is 3.80. The Bertz CT molecular complexity index is 1050. The number of methoxy groups -OCH3 is 1. The van der Waals surface area contributed by atoms with Crippen molar-refractivity contribution in [3.63, 3.8) is 0 Å². The Balaban J connectivity index is 2.05. The Hall–Kier alpha value is -3.49. The number of anilines is 1. The van der Waals surface area contributed by atoms with Crippen LogP contribution in [0.25, 0.3) is 28.1 Å². The summed E-state index contributed by atoms with van der Waals surface area (Å²) >= 11 is 0. The van der Waals surface area contributed by atoms with Crippen LogP contribution in [0.15, 0.2) is 37.1 Å². The van der Waals surface area contributed by atoms with E-state index in [0.29, 0.717) is 18.4 Å². The van der Waals surface area contributed by atoms with E-state index in [1.807, 2.05) is 23.6 Å². The fraction of sp³-hybridized carbons (Fsp3) is 0.188. The van der Waals surface area contributed by atoms with Crippen LogP contribution in [-0.4, -0.2) is 41.4 Å². The number of ether oxygens (including phenoxy) is 1. The molecule has 0 aliphatic carbocycles. The first-order valence-electron chi connectivity index (χ1n) is 7.74. The van der Waals surface area contributed by atoms with Gasteiger partial charge in [-0.25, -0.2) is 9.97 Å². The second-order valence-electron chi connectivity index (χ2n) is 5.30. The number of imidazole rings is 1. The van der Waals surface area contributed by atoms with Crippen molar-refractivity contribution in [1.29, 1.82) is 0 Å². The first kappa shape index (κ1) is 15.1. The molecule has 0 saturated heterocycles. The molecule has 4 aromatic rings. The summed E-state index contributed by atoms with van der Waals surface area (Å²) in [5.74, 6) is 1.39. The van der Waals surface area contributed by atoms with Gasteiger partial charge in [-0.05, 0) is 19.1 Å². The molecule has 0 spiro atoms. The van der Waals surface area contributed by atoms with E-state index in [2.05, 4.69) is 25.0 Å². The van der Waals surface area contributed by atoms with Crippen molar-refractivity contribution in [2.24, 2.45) is 0 Å². The number of rotatable bonds is 4. The van der Waals surface area contributed by atoms with E-state index in [-0.39, 0.29) is 5.95 Å². The number of nitrogens with two attached hydrogens (primary N) is 1. The molecule has 9 nitrogen and oxygen atoms in total. The molecule has 4 heterocycles. The Morgan fingerprint density at radius 2 is 2.08 bits per heavy atom. The zero-order valence-corrected chi connectivity index (χ0v) is 13.8. The van der Waals surface area contributed by atoms with E-state index < -0.39 is 0 Å².